The molecule has 1 atom stereocenters. The van der Waals surface area contributed by atoms with Crippen LogP contribution in [0, 0.1) is 0 Å². The molecule has 1 unspecified atom stereocenters. The van der Waals surface area contributed by atoms with Crippen molar-refractivity contribution in [3.63, 3.8) is 0 Å². The molecule has 0 radical (unpaired) electrons. The summed E-state index contributed by atoms with van der Waals surface area (Å²) in [5.41, 5.74) is 4.01. The highest BCUT2D eigenvalue weighted by Gasteiger charge is 2.22. The highest BCUT2D eigenvalue weighted by molar-refractivity contribution is 7.86. The molecule has 0 saturated carbocycles. The SMILES string of the molecule is CC(C)(O)c1ccccc1CCC(OS(C)(=O)=O)c1cccc(C=Cc2ccc3ccc(Cl)cc3n2)c1. The second kappa shape index (κ2) is 11.2. The molecular weight excluding hydrogens is 506 g/mol. The van der Waals surface area contributed by atoms with Crippen LogP contribution in [0.1, 0.15) is 54.3 Å². The van der Waals surface area contributed by atoms with Crippen molar-refractivity contribution in [3.8, 4) is 0 Å². The van der Waals surface area contributed by atoms with Crippen LogP contribution in [0.3, 0.4) is 0 Å². The molecule has 0 bridgehead atoms. The molecule has 4 rings (SSSR count). The number of rotatable bonds is 9. The van der Waals surface area contributed by atoms with E-state index in [9.17, 15) is 13.5 Å². The summed E-state index contributed by atoms with van der Waals surface area (Å²) in [5.74, 6) is 0. The first-order chi connectivity index (χ1) is 17.5. The van der Waals surface area contributed by atoms with E-state index in [1.807, 2.05) is 91.0 Å². The third-order valence-corrected chi connectivity index (χ3v) is 6.86. The zero-order valence-electron chi connectivity index (χ0n) is 21.1. The predicted molar refractivity (Wildman–Crippen MR) is 151 cm³/mol. The number of pyridine rings is 1. The maximum absolute atomic E-state index is 12.1. The van der Waals surface area contributed by atoms with Gasteiger partial charge in [-0.25, -0.2) is 4.98 Å². The first kappa shape index (κ1) is 27.0. The van der Waals surface area contributed by atoms with E-state index in [1.54, 1.807) is 13.8 Å². The average molecular weight is 536 g/mol. The van der Waals surface area contributed by atoms with Crippen LogP contribution in [-0.2, 0) is 26.3 Å². The first-order valence-corrected chi connectivity index (χ1v) is 14.2. The fourth-order valence-electron chi connectivity index (χ4n) is 4.35. The number of hydrogen-bond acceptors (Lipinski definition) is 5. The van der Waals surface area contributed by atoms with Gasteiger partial charge in [0.1, 0.15) is 6.10 Å². The van der Waals surface area contributed by atoms with Crippen molar-refractivity contribution in [3.05, 3.63) is 112 Å². The lowest BCUT2D eigenvalue weighted by Gasteiger charge is -2.23. The van der Waals surface area contributed by atoms with E-state index in [0.717, 1.165) is 45.1 Å². The van der Waals surface area contributed by atoms with E-state index in [1.165, 1.54) is 0 Å². The molecule has 192 valence electrons. The molecule has 7 heteroatoms. The van der Waals surface area contributed by atoms with Crippen molar-refractivity contribution >= 4 is 44.8 Å². The van der Waals surface area contributed by atoms with Gasteiger partial charge in [0, 0.05) is 10.4 Å². The van der Waals surface area contributed by atoms with Gasteiger partial charge in [0.2, 0.25) is 0 Å². The topological polar surface area (TPSA) is 76.5 Å². The van der Waals surface area contributed by atoms with Crippen LogP contribution in [0.2, 0.25) is 5.02 Å². The minimum absolute atomic E-state index is 0.431. The fourth-order valence-corrected chi connectivity index (χ4v) is 5.14. The van der Waals surface area contributed by atoms with E-state index in [2.05, 4.69) is 4.98 Å². The summed E-state index contributed by atoms with van der Waals surface area (Å²) >= 11 is 6.11. The number of aliphatic hydroxyl groups is 1. The van der Waals surface area contributed by atoms with E-state index >= 15 is 0 Å². The first-order valence-electron chi connectivity index (χ1n) is 12.0. The standard InChI is InChI=1S/C30H30ClNO4S/c1-30(2,33)27-10-5-4-8-22(27)14-18-29(36-37(3,34)35)24-9-6-7-21(19-24)11-16-26-17-13-23-12-15-25(31)20-28(23)32-26/h4-13,15-17,19-20,29,33H,14,18H2,1-3H3. The monoisotopic (exact) mass is 535 g/mol. The quantitative estimate of drug-likeness (QED) is 0.235. The van der Waals surface area contributed by atoms with Crippen LogP contribution in [-0.4, -0.2) is 24.8 Å². The number of aromatic nitrogens is 1. The van der Waals surface area contributed by atoms with Gasteiger partial charge in [-0.05, 0) is 79.3 Å². The van der Waals surface area contributed by atoms with Gasteiger partial charge in [-0.2, -0.15) is 8.42 Å². The Kier molecular flexibility index (Phi) is 8.14. The normalized spacial score (nSPS) is 13.3. The van der Waals surface area contributed by atoms with Gasteiger partial charge in [0.15, 0.2) is 0 Å². The maximum Gasteiger partial charge on any atom is 0.264 e. The average Bonchev–Trinajstić information content (AvgIpc) is 2.84. The van der Waals surface area contributed by atoms with Gasteiger partial charge < -0.3 is 5.11 Å². The molecule has 37 heavy (non-hydrogen) atoms. The van der Waals surface area contributed by atoms with Crippen molar-refractivity contribution in [2.75, 3.05) is 6.26 Å². The Morgan fingerprint density at radius 2 is 1.76 bits per heavy atom. The highest BCUT2D eigenvalue weighted by atomic mass is 35.5. The van der Waals surface area contributed by atoms with E-state index < -0.39 is 21.8 Å². The van der Waals surface area contributed by atoms with Gasteiger partial charge in [-0.15, -0.1) is 0 Å². The second-order valence-electron chi connectivity index (χ2n) is 9.62. The Morgan fingerprint density at radius 3 is 2.51 bits per heavy atom. The summed E-state index contributed by atoms with van der Waals surface area (Å²) in [6.45, 7) is 3.48. The molecule has 5 nitrogen and oxygen atoms in total. The van der Waals surface area contributed by atoms with Crippen molar-refractivity contribution in [2.45, 2.75) is 38.4 Å². The number of hydrogen-bond donors (Lipinski definition) is 1. The number of benzene rings is 3. The van der Waals surface area contributed by atoms with Gasteiger partial charge >= 0.3 is 0 Å². The van der Waals surface area contributed by atoms with Gasteiger partial charge in [-0.1, -0.05) is 72.3 Å². The Labute approximate surface area is 223 Å². The summed E-state index contributed by atoms with van der Waals surface area (Å²) in [4.78, 5) is 4.65. The molecule has 0 amide bonds. The van der Waals surface area contributed by atoms with Crippen molar-refractivity contribution in [1.29, 1.82) is 0 Å². The third kappa shape index (κ3) is 7.49. The molecule has 3 aromatic carbocycles. The van der Waals surface area contributed by atoms with Gasteiger partial charge in [0.05, 0.1) is 23.1 Å². The van der Waals surface area contributed by atoms with Crippen LogP contribution < -0.4 is 0 Å². The van der Waals surface area contributed by atoms with Crippen LogP contribution in [0.5, 0.6) is 0 Å². The van der Waals surface area contributed by atoms with Crippen molar-refractivity contribution in [2.24, 2.45) is 0 Å². The summed E-state index contributed by atoms with van der Waals surface area (Å²) < 4.78 is 29.7. The summed E-state index contributed by atoms with van der Waals surface area (Å²) in [6, 6.07) is 24.8. The number of fused-ring (bicyclic) bond motifs is 1. The van der Waals surface area contributed by atoms with Crippen LogP contribution in [0.15, 0.2) is 78.9 Å². The largest absolute Gasteiger partial charge is 0.386 e. The molecule has 0 fully saturated rings. The Hall–Kier alpha value is -3.03. The lowest BCUT2D eigenvalue weighted by molar-refractivity contribution is 0.0773. The van der Waals surface area contributed by atoms with Crippen LogP contribution in [0.25, 0.3) is 23.1 Å². The smallest absolute Gasteiger partial charge is 0.264 e. The molecule has 1 aromatic heterocycles. The second-order valence-corrected chi connectivity index (χ2v) is 11.7. The molecule has 1 N–H and O–H groups in total. The Morgan fingerprint density at radius 1 is 1.00 bits per heavy atom. The fraction of sp³-hybridized carbons (Fsp3) is 0.233. The lowest BCUT2D eigenvalue weighted by Crippen LogP contribution is -2.18. The third-order valence-electron chi connectivity index (χ3n) is 6.05. The molecule has 0 saturated heterocycles. The summed E-state index contributed by atoms with van der Waals surface area (Å²) in [5, 5.41) is 12.2. The molecule has 0 spiro atoms. The molecular formula is C30H30ClNO4S. The van der Waals surface area contributed by atoms with Crippen molar-refractivity contribution < 1.29 is 17.7 Å². The number of nitrogens with zero attached hydrogens (tertiary/aromatic N) is 1. The minimum atomic E-state index is -3.70. The number of aryl methyl sites for hydroxylation is 1. The zero-order chi connectivity index (χ0) is 26.6. The van der Waals surface area contributed by atoms with Gasteiger partial charge in [-0.3, -0.25) is 4.18 Å². The maximum atomic E-state index is 12.1. The Bertz CT molecular complexity index is 1540. The summed E-state index contributed by atoms with van der Waals surface area (Å²) in [7, 11) is -3.70. The zero-order valence-corrected chi connectivity index (χ0v) is 22.6. The molecule has 0 aliphatic rings. The molecule has 1 heterocycles. The molecule has 0 aliphatic carbocycles. The van der Waals surface area contributed by atoms with Crippen molar-refractivity contribution in [1.82, 2.24) is 4.98 Å². The van der Waals surface area contributed by atoms with Crippen LogP contribution in [0.4, 0.5) is 0 Å². The molecule has 4 aromatic rings. The predicted octanol–water partition coefficient (Wildman–Crippen LogP) is 6.94. The van der Waals surface area contributed by atoms with E-state index in [4.69, 9.17) is 15.8 Å². The number of halogens is 1. The summed E-state index contributed by atoms with van der Waals surface area (Å²) in [6.07, 6.45) is 5.21. The van der Waals surface area contributed by atoms with Gasteiger partial charge in [0.25, 0.3) is 10.1 Å². The van der Waals surface area contributed by atoms with E-state index in [-0.39, 0.29) is 0 Å². The molecule has 0 aliphatic heterocycles. The van der Waals surface area contributed by atoms with E-state index in [0.29, 0.717) is 17.9 Å². The Balaban J connectivity index is 1.58. The lowest BCUT2D eigenvalue weighted by atomic mass is 9.90. The minimum Gasteiger partial charge on any atom is -0.386 e. The highest BCUT2D eigenvalue weighted by Crippen LogP contribution is 2.30. The van der Waals surface area contributed by atoms with Crippen LogP contribution >= 0.6 is 11.6 Å².